The van der Waals surface area contributed by atoms with Crippen LogP contribution in [0.1, 0.15) is 33.3 Å². The van der Waals surface area contributed by atoms with E-state index in [0.29, 0.717) is 12.2 Å². The molecule has 0 spiro atoms. The zero-order chi connectivity index (χ0) is 13.7. The zero-order valence-electron chi connectivity index (χ0n) is 11.5. The van der Waals surface area contributed by atoms with Crippen molar-refractivity contribution in [2.24, 2.45) is 0 Å². The summed E-state index contributed by atoms with van der Waals surface area (Å²) in [5, 5.41) is 0. The fourth-order valence-corrected chi connectivity index (χ4v) is 1.59. The number of hydrogen-bond acceptors (Lipinski definition) is 3. The van der Waals surface area contributed by atoms with Crippen LogP contribution in [0.15, 0.2) is 24.3 Å². The van der Waals surface area contributed by atoms with Crippen LogP contribution in [-0.4, -0.2) is 23.1 Å². The van der Waals surface area contributed by atoms with Crippen LogP contribution in [0.2, 0.25) is 0 Å². The molecule has 0 aliphatic rings. The topological polar surface area (TPSA) is 55.6 Å². The molecule has 1 aromatic rings. The van der Waals surface area contributed by atoms with Crippen LogP contribution in [0.3, 0.4) is 0 Å². The van der Waals surface area contributed by atoms with Gasteiger partial charge in [-0.2, -0.15) is 0 Å². The van der Waals surface area contributed by atoms with Crippen LogP contribution >= 0.6 is 0 Å². The second-order valence-corrected chi connectivity index (χ2v) is 4.85. The average molecular weight is 250 g/mol. The largest absolute Gasteiger partial charge is 0.447 e. The molecule has 100 valence electrons. The van der Waals surface area contributed by atoms with Crippen molar-refractivity contribution in [3.63, 3.8) is 0 Å². The summed E-state index contributed by atoms with van der Waals surface area (Å²) >= 11 is 0. The van der Waals surface area contributed by atoms with Gasteiger partial charge in [-0.25, -0.2) is 4.79 Å². The molecule has 0 heterocycles. The Bertz CT molecular complexity index is 403. The predicted molar refractivity (Wildman–Crippen MR) is 73.2 cm³/mol. The number of hydrogen-bond donors (Lipinski definition) is 1. The number of nitrogens with two attached hydrogens (primary N) is 1. The second kappa shape index (κ2) is 6.28. The Hall–Kier alpha value is -1.71. The lowest BCUT2D eigenvalue weighted by Gasteiger charge is -2.27. The van der Waals surface area contributed by atoms with E-state index in [9.17, 15) is 4.79 Å². The molecule has 0 bridgehead atoms. The fourth-order valence-electron chi connectivity index (χ4n) is 1.59. The number of nitrogens with zero attached hydrogens (tertiary/aromatic N) is 1. The van der Waals surface area contributed by atoms with Gasteiger partial charge in [0.2, 0.25) is 0 Å². The fraction of sp³-hybridized carbons (Fsp3) is 0.500. The maximum absolute atomic E-state index is 12.0. The van der Waals surface area contributed by atoms with Crippen LogP contribution in [0.4, 0.5) is 10.5 Å². The van der Waals surface area contributed by atoms with E-state index in [0.717, 1.165) is 5.56 Å². The summed E-state index contributed by atoms with van der Waals surface area (Å²) in [6.07, 6.45) is -0.421. The number of benzene rings is 1. The molecule has 0 fully saturated rings. The molecule has 4 nitrogen and oxygen atoms in total. The molecular weight excluding hydrogens is 228 g/mol. The van der Waals surface area contributed by atoms with E-state index >= 15 is 0 Å². The molecule has 2 N–H and O–H groups in total. The molecule has 0 saturated carbocycles. The van der Waals surface area contributed by atoms with Gasteiger partial charge in [-0.15, -0.1) is 0 Å². The Morgan fingerprint density at radius 2 is 1.89 bits per heavy atom. The standard InChI is InChI=1S/C14H22N2O2/c1-10(2)16(14(17)18-11(3)4)9-12-7-5-6-8-13(12)15/h5-8,10-11H,9,15H2,1-4H3. The van der Waals surface area contributed by atoms with Crippen molar-refractivity contribution in [1.29, 1.82) is 0 Å². The molecule has 0 aliphatic heterocycles. The molecule has 0 aromatic heterocycles. The minimum absolute atomic E-state index is 0.0656. The molecule has 18 heavy (non-hydrogen) atoms. The quantitative estimate of drug-likeness (QED) is 0.836. The molecule has 0 saturated heterocycles. The number of ether oxygens (including phenoxy) is 1. The molecule has 0 aliphatic carbocycles. The van der Waals surface area contributed by atoms with Crippen LogP contribution in [0, 0.1) is 0 Å². The summed E-state index contributed by atoms with van der Waals surface area (Å²) in [5.41, 5.74) is 7.52. The van der Waals surface area contributed by atoms with Crippen molar-refractivity contribution in [3.05, 3.63) is 29.8 Å². The molecular formula is C14H22N2O2. The van der Waals surface area contributed by atoms with Crippen molar-refractivity contribution < 1.29 is 9.53 Å². The van der Waals surface area contributed by atoms with E-state index in [4.69, 9.17) is 10.5 Å². The third-order valence-electron chi connectivity index (χ3n) is 2.59. The first-order valence-electron chi connectivity index (χ1n) is 6.22. The lowest BCUT2D eigenvalue weighted by Crippen LogP contribution is -2.38. The summed E-state index contributed by atoms with van der Waals surface area (Å²) in [6.45, 7) is 8.07. The first-order chi connectivity index (χ1) is 8.41. The first-order valence-corrected chi connectivity index (χ1v) is 6.22. The minimum atomic E-state index is -0.303. The maximum Gasteiger partial charge on any atom is 0.410 e. The van der Waals surface area contributed by atoms with Crippen LogP contribution < -0.4 is 5.73 Å². The van der Waals surface area contributed by atoms with Crippen LogP contribution in [0.5, 0.6) is 0 Å². The number of carbonyl (C=O) groups is 1. The molecule has 4 heteroatoms. The molecule has 1 aromatic carbocycles. The predicted octanol–water partition coefficient (Wildman–Crippen LogP) is 3.02. The van der Waals surface area contributed by atoms with E-state index in [2.05, 4.69) is 0 Å². The molecule has 0 radical (unpaired) electrons. The smallest absolute Gasteiger partial charge is 0.410 e. The first kappa shape index (κ1) is 14.4. The highest BCUT2D eigenvalue weighted by Crippen LogP contribution is 2.16. The summed E-state index contributed by atoms with van der Waals surface area (Å²) in [6, 6.07) is 7.62. The SMILES string of the molecule is CC(C)OC(=O)N(Cc1ccccc1N)C(C)C. The molecule has 0 unspecified atom stereocenters. The van der Waals surface area contributed by atoms with E-state index in [1.54, 1.807) is 4.90 Å². The highest BCUT2D eigenvalue weighted by Gasteiger charge is 2.20. The normalized spacial score (nSPS) is 10.8. The third-order valence-corrected chi connectivity index (χ3v) is 2.59. The highest BCUT2D eigenvalue weighted by atomic mass is 16.6. The van der Waals surface area contributed by atoms with Gasteiger partial charge < -0.3 is 15.4 Å². The Balaban J connectivity index is 2.81. The lowest BCUT2D eigenvalue weighted by molar-refractivity contribution is 0.0653. The van der Waals surface area contributed by atoms with Gasteiger partial charge in [-0.05, 0) is 39.3 Å². The van der Waals surface area contributed by atoms with Gasteiger partial charge in [-0.3, -0.25) is 0 Å². The lowest BCUT2D eigenvalue weighted by atomic mass is 10.1. The van der Waals surface area contributed by atoms with Gasteiger partial charge in [0.1, 0.15) is 0 Å². The number of nitrogen functional groups attached to an aromatic ring is 1. The third kappa shape index (κ3) is 3.95. The van der Waals surface area contributed by atoms with Crippen molar-refractivity contribution >= 4 is 11.8 Å². The van der Waals surface area contributed by atoms with E-state index in [1.807, 2.05) is 52.0 Å². The number of rotatable bonds is 4. The van der Waals surface area contributed by atoms with Crippen molar-refractivity contribution in [3.8, 4) is 0 Å². The van der Waals surface area contributed by atoms with Gasteiger partial charge >= 0.3 is 6.09 Å². The van der Waals surface area contributed by atoms with Crippen molar-refractivity contribution in [1.82, 2.24) is 4.90 Å². The summed E-state index contributed by atoms with van der Waals surface area (Å²) in [7, 11) is 0. The molecule has 1 rings (SSSR count). The van der Waals surface area contributed by atoms with E-state index < -0.39 is 0 Å². The summed E-state index contributed by atoms with van der Waals surface area (Å²) in [5.74, 6) is 0. The van der Waals surface area contributed by atoms with Gasteiger partial charge in [0.05, 0.1) is 12.6 Å². The van der Waals surface area contributed by atoms with Crippen LogP contribution in [-0.2, 0) is 11.3 Å². The van der Waals surface area contributed by atoms with E-state index in [-0.39, 0.29) is 18.2 Å². The number of anilines is 1. The Kier molecular flexibility index (Phi) is 5.01. The minimum Gasteiger partial charge on any atom is -0.447 e. The zero-order valence-corrected chi connectivity index (χ0v) is 11.5. The summed E-state index contributed by atoms with van der Waals surface area (Å²) < 4.78 is 5.23. The monoisotopic (exact) mass is 250 g/mol. The Morgan fingerprint density at radius 3 is 2.39 bits per heavy atom. The van der Waals surface area contributed by atoms with Gasteiger partial charge in [0.15, 0.2) is 0 Å². The highest BCUT2D eigenvalue weighted by molar-refractivity contribution is 5.68. The Morgan fingerprint density at radius 1 is 1.28 bits per heavy atom. The number of para-hydroxylation sites is 1. The van der Waals surface area contributed by atoms with Crippen LogP contribution in [0.25, 0.3) is 0 Å². The Labute approximate surface area is 109 Å². The van der Waals surface area contributed by atoms with E-state index in [1.165, 1.54) is 0 Å². The van der Waals surface area contributed by atoms with Crippen molar-refractivity contribution in [2.75, 3.05) is 5.73 Å². The summed E-state index contributed by atoms with van der Waals surface area (Å²) in [4.78, 5) is 13.6. The number of carbonyl (C=O) groups excluding carboxylic acids is 1. The number of amides is 1. The van der Waals surface area contributed by atoms with Gasteiger partial charge in [0.25, 0.3) is 0 Å². The van der Waals surface area contributed by atoms with Gasteiger partial charge in [0, 0.05) is 11.7 Å². The molecule has 1 amide bonds. The maximum atomic E-state index is 12.0. The average Bonchev–Trinajstić information content (AvgIpc) is 2.26. The van der Waals surface area contributed by atoms with Gasteiger partial charge in [-0.1, -0.05) is 18.2 Å². The van der Waals surface area contributed by atoms with Crippen molar-refractivity contribution in [2.45, 2.75) is 46.4 Å². The molecule has 0 atom stereocenters. The second-order valence-electron chi connectivity index (χ2n) is 4.85.